The van der Waals surface area contributed by atoms with Crippen molar-refractivity contribution in [1.82, 2.24) is 4.98 Å². The summed E-state index contributed by atoms with van der Waals surface area (Å²) >= 11 is 0. The normalized spacial score (nSPS) is 10.9. The average Bonchev–Trinajstić information content (AvgIpc) is 3.05. The van der Waals surface area contributed by atoms with E-state index in [2.05, 4.69) is 31.0 Å². The Bertz CT molecular complexity index is 832. The van der Waals surface area contributed by atoms with Crippen molar-refractivity contribution < 1.29 is 14.3 Å². The van der Waals surface area contributed by atoms with Crippen LogP contribution in [0.25, 0.3) is 22.7 Å². The second-order valence-corrected chi connectivity index (χ2v) is 5.70. The molecule has 0 bridgehead atoms. The van der Waals surface area contributed by atoms with E-state index in [9.17, 15) is 4.79 Å². The topological polar surface area (TPSA) is 63.3 Å². The summed E-state index contributed by atoms with van der Waals surface area (Å²) in [7, 11) is 0. The fourth-order valence-corrected chi connectivity index (χ4v) is 2.36. The van der Waals surface area contributed by atoms with Gasteiger partial charge >= 0.3 is 5.97 Å². The van der Waals surface area contributed by atoms with Gasteiger partial charge in [-0.05, 0) is 35.7 Å². The zero-order valence-electron chi connectivity index (χ0n) is 13.0. The molecule has 23 heavy (non-hydrogen) atoms. The Morgan fingerprint density at radius 2 is 1.83 bits per heavy atom. The molecule has 1 N–H and O–H groups in total. The van der Waals surface area contributed by atoms with Crippen molar-refractivity contribution >= 4 is 5.97 Å². The number of nitrogens with zero attached hydrogens (tertiary/aromatic N) is 1. The molecule has 0 aliphatic carbocycles. The van der Waals surface area contributed by atoms with E-state index >= 15 is 0 Å². The summed E-state index contributed by atoms with van der Waals surface area (Å²) in [5, 5.41) is 9.07. The summed E-state index contributed by atoms with van der Waals surface area (Å²) in [6, 6.07) is 14.8. The van der Waals surface area contributed by atoms with Gasteiger partial charge in [0.1, 0.15) is 12.0 Å². The summed E-state index contributed by atoms with van der Waals surface area (Å²) in [6.45, 7) is 4.29. The fraction of sp³-hybridized carbons (Fsp3) is 0.158. The lowest BCUT2D eigenvalue weighted by molar-refractivity contribution is 0.0697. The van der Waals surface area contributed by atoms with Crippen molar-refractivity contribution in [3.05, 3.63) is 65.9 Å². The average molecular weight is 307 g/mol. The van der Waals surface area contributed by atoms with Crippen molar-refractivity contribution in [2.45, 2.75) is 19.8 Å². The number of aromatic carboxylic acids is 1. The van der Waals surface area contributed by atoms with Gasteiger partial charge < -0.3 is 9.52 Å². The summed E-state index contributed by atoms with van der Waals surface area (Å²) in [6.07, 6.45) is 1.55. The van der Waals surface area contributed by atoms with Crippen molar-refractivity contribution in [1.29, 1.82) is 0 Å². The lowest BCUT2D eigenvalue weighted by Gasteiger charge is -2.04. The molecular weight excluding hydrogens is 290 g/mol. The van der Waals surface area contributed by atoms with Gasteiger partial charge in [0, 0.05) is 11.1 Å². The van der Waals surface area contributed by atoms with Gasteiger partial charge in [-0.2, -0.15) is 0 Å². The molecular formula is C19H17NO3. The van der Waals surface area contributed by atoms with Gasteiger partial charge in [-0.25, -0.2) is 9.78 Å². The molecule has 4 nitrogen and oxygen atoms in total. The Labute approximate surface area is 134 Å². The van der Waals surface area contributed by atoms with Crippen LogP contribution in [0.4, 0.5) is 0 Å². The number of hydrogen-bond acceptors (Lipinski definition) is 3. The lowest BCUT2D eigenvalue weighted by Crippen LogP contribution is -1.95. The van der Waals surface area contributed by atoms with Crippen LogP contribution < -0.4 is 0 Å². The number of oxazole rings is 1. The summed E-state index contributed by atoms with van der Waals surface area (Å²) in [4.78, 5) is 15.5. The number of hydrogen-bond donors (Lipinski definition) is 1. The van der Waals surface area contributed by atoms with E-state index in [4.69, 9.17) is 9.52 Å². The first-order valence-corrected chi connectivity index (χ1v) is 7.44. The van der Waals surface area contributed by atoms with E-state index in [0.29, 0.717) is 17.5 Å². The molecule has 1 aromatic heterocycles. The molecule has 0 saturated carbocycles. The molecule has 3 aromatic rings. The van der Waals surface area contributed by atoms with Crippen LogP contribution in [0.2, 0.25) is 0 Å². The molecule has 0 atom stereocenters. The smallest absolute Gasteiger partial charge is 0.335 e. The highest BCUT2D eigenvalue weighted by Crippen LogP contribution is 2.26. The van der Waals surface area contributed by atoms with Crippen LogP contribution in [0.15, 0.2) is 59.2 Å². The molecule has 0 aliphatic rings. The minimum absolute atomic E-state index is 0.230. The minimum atomic E-state index is -0.958. The van der Waals surface area contributed by atoms with Gasteiger partial charge in [0.2, 0.25) is 5.89 Å². The molecule has 3 rings (SSSR count). The first-order chi connectivity index (χ1) is 11.0. The van der Waals surface area contributed by atoms with E-state index in [1.807, 2.05) is 18.2 Å². The highest BCUT2D eigenvalue weighted by atomic mass is 16.4. The number of carbonyl (C=O) groups is 1. The molecule has 2 aromatic carbocycles. The Kier molecular flexibility index (Phi) is 3.98. The number of aromatic nitrogens is 1. The zero-order valence-corrected chi connectivity index (χ0v) is 13.0. The molecule has 1 heterocycles. The van der Waals surface area contributed by atoms with Crippen LogP contribution in [-0.2, 0) is 0 Å². The molecule has 0 radical (unpaired) electrons. The van der Waals surface area contributed by atoms with Crippen molar-refractivity contribution in [3.63, 3.8) is 0 Å². The minimum Gasteiger partial charge on any atom is -0.478 e. The lowest BCUT2D eigenvalue weighted by atomic mass is 10.0. The largest absolute Gasteiger partial charge is 0.478 e. The van der Waals surface area contributed by atoms with E-state index < -0.39 is 5.97 Å². The third kappa shape index (κ3) is 3.16. The zero-order chi connectivity index (χ0) is 16.4. The number of rotatable bonds is 4. The first-order valence-electron chi connectivity index (χ1n) is 7.44. The summed E-state index contributed by atoms with van der Waals surface area (Å²) < 4.78 is 5.55. The number of carboxylic acid groups (broad SMARTS) is 1. The Hall–Kier alpha value is -2.88. The van der Waals surface area contributed by atoms with Crippen LogP contribution in [0.3, 0.4) is 0 Å². The molecule has 0 unspecified atom stereocenters. The van der Waals surface area contributed by atoms with Crippen LogP contribution in [0.5, 0.6) is 0 Å². The maximum atomic E-state index is 11.1. The number of benzene rings is 2. The number of carboxylic acids is 1. The van der Waals surface area contributed by atoms with E-state index in [0.717, 1.165) is 11.1 Å². The van der Waals surface area contributed by atoms with Gasteiger partial charge in [0.05, 0.1) is 5.56 Å². The fourth-order valence-electron chi connectivity index (χ4n) is 2.36. The molecule has 0 saturated heterocycles. The van der Waals surface area contributed by atoms with Crippen LogP contribution in [0.1, 0.15) is 35.7 Å². The van der Waals surface area contributed by atoms with Crippen LogP contribution in [-0.4, -0.2) is 16.1 Å². The third-order valence-corrected chi connectivity index (χ3v) is 3.73. The molecule has 116 valence electrons. The van der Waals surface area contributed by atoms with Crippen LogP contribution in [0, 0.1) is 0 Å². The molecule has 0 amide bonds. The quantitative estimate of drug-likeness (QED) is 0.749. The monoisotopic (exact) mass is 307 g/mol. The highest BCUT2D eigenvalue weighted by molar-refractivity contribution is 5.89. The van der Waals surface area contributed by atoms with Crippen molar-refractivity contribution in [2.75, 3.05) is 0 Å². The van der Waals surface area contributed by atoms with E-state index in [1.165, 1.54) is 5.56 Å². The molecule has 0 aliphatic heterocycles. The maximum Gasteiger partial charge on any atom is 0.335 e. The Morgan fingerprint density at radius 3 is 2.48 bits per heavy atom. The second kappa shape index (κ2) is 6.08. The second-order valence-electron chi connectivity index (χ2n) is 5.70. The van der Waals surface area contributed by atoms with E-state index in [-0.39, 0.29) is 5.56 Å². The predicted molar refractivity (Wildman–Crippen MR) is 88.4 cm³/mol. The van der Waals surface area contributed by atoms with Gasteiger partial charge in [-0.3, -0.25) is 0 Å². The highest BCUT2D eigenvalue weighted by Gasteiger charge is 2.11. The molecule has 0 spiro atoms. The maximum absolute atomic E-state index is 11.1. The molecule has 4 heteroatoms. The van der Waals surface area contributed by atoms with Gasteiger partial charge in [-0.15, -0.1) is 0 Å². The standard InChI is InChI=1S/C19H17NO3/c1-12(2)13-6-8-14(9-7-13)18-20-17(11-23-18)15-4-3-5-16(10-15)19(21)22/h3-12H,1-2H3,(H,21,22). The van der Waals surface area contributed by atoms with Crippen molar-refractivity contribution in [2.24, 2.45) is 0 Å². The van der Waals surface area contributed by atoms with Gasteiger partial charge in [0.15, 0.2) is 0 Å². The Morgan fingerprint density at radius 1 is 1.09 bits per heavy atom. The first kappa shape index (κ1) is 15.0. The van der Waals surface area contributed by atoms with E-state index in [1.54, 1.807) is 24.5 Å². The SMILES string of the molecule is CC(C)c1ccc(-c2nc(-c3cccc(C(=O)O)c3)co2)cc1. The summed E-state index contributed by atoms with van der Waals surface area (Å²) in [5.74, 6) is 0.0406. The van der Waals surface area contributed by atoms with Crippen molar-refractivity contribution in [3.8, 4) is 22.7 Å². The summed E-state index contributed by atoms with van der Waals surface area (Å²) in [5.41, 5.74) is 3.73. The Balaban J connectivity index is 1.91. The molecule has 0 fully saturated rings. The van der Waals surface area contributed by atoms with Crippen LogP contribution >= 0.6 is 0 Å². The van der Waals surface area contributed by atoms with Gasteiger partial charge in [0.25, 0.3) is 0 Å². The van der Waals surface area contributed by atoms with Gasteiger partial charge in [-0.1, -0.05) is 38.1 Å². The predicted octanol–water partition coefficient (Wildman–Crippen LogP) is 4.83. The third-order valence-electron chi connectivity index (χ3n) is 3.73.